The maximum atomic E-state index is 13.3. The van der Waals surface area contributed by atoms with E-state index in [9.17, 15) is 26.3 Å². The Morgan fingerprint density at radius 3 is 1.41 bits per heavy atom. The Bertz CT molecular complexity index is 2190. The highest BCUT2D eigenvalue weighted by Gasteiger charge is 2.37. The van der Waals surface area contributed by atoms with Crippen molar-refractivity contribution in [1.82, 2.24) is 4.98 Å². The largest absolute Gasteiger partial charge is 0.436 e. The van der Waals surface area contributed by atoms with Gasteiger partial charge in [0.05, 0.1) is 11.1 Å². The van der Waals surface area contributed by atoms with E-state index in [1.54, 1.807) is 12.1 Å². The van der Waals surface area contributed by atoms with Gasteiger partial charge in [-0.15, -0.1) is 0 Å². The van der Waals surface area contributed by atoms with Crippen LogP contribution >= 0.6 is 0 Å². The van der Waals surface area contributed by atoms with Crippen molar-refractivity contribution in [3.63, 3.8) is 0 Å². The lowest BCUT2D eigenvalue weighted by molar-refractivity contribution is -0.143. The topological polar surface area (TPSA) is 26.0 Å². The predicted molar refractivity (Wildman–Crippen MR) is 168 cm³/mol. The molecule has 46 heavy (non-hydrogen) atoms. The van der Waals surface area contributed by atoms with Gasteiger partial charge in [-0.3, -0.25) is 0 Å². The molecule has 0 radical (unpaired) electrons. The first kappa shape index (κ1) is 29.3. The molecule has 0 spiro atoms. The smallest absolute Gasteiger partial charge is 0.416 e. The fourth-order valence-corrected chi connectivity index (χ4v) is 5.54. The molecule has 8 heteroatoms. The molecule has 7 rings (SSSR count). The molecular weight excluding hydrogens is 600 g/mol. The van der Waals surface area contributed by atoms with Crippen LogP contribution in [0.2, 0.25) is 0 Å². The number of rotatable bonds is 4. The van der Waals surface area contributed by atoms with Crippen LogP contribution in [-0.2, 0) is 12.4 Å². The molecule has 0 amide bonds. The number of hydrogen-bond acceptors (Lipinski definition) is 2. The van der Waals surface area contributed by atoms with E-state index in [1.807, 2.05) is 79.7 Å². The Balaban J connectivity index is 1.13. The zero-order valence-electron chi connectivity index (χ0n) is 24.2. The molecular formula is C38H23F6NO. The average molecular weight is 624 g/mol. The summed E-state index contributed by atoms with van der Waals surface area (Å²) in [6, 6.07) is 34.0. The third-order valence-electron chi connectivity index (χ3n) is 7.99. The van der Waals surface area contributed by atoms with Crippen molar-refractivity contribution in [2.45, 2.75) is 19.3 Å². The van der Waals surface area contributed by atoms with E-state index in [2.05, 4.69) is 11.1 Å². The minimum atomic E-state index is -4.91. The number of nitrogens with zero attached hydrogens (tertiary/aromatic N) is 1. The molecule has 0 unspecified atom stereocenters. The Morgan fingerprint density at radius 2 is 0.913 bits per heavy atom. The van der Waals surface area contributed by atoms with Crippen molar-refractivity contribution in [2.24, 2.45) is 0 Å². The summed E-state index contributed by atoms with van der Waals surface area (Å²) in [5, 5.41) is 2.00. The van der Waals surface area contributed by atoms with Crippen LogP contribution in [0.15, 0.2) is 126 Å². The molecule has 0 N–H and O–H groups in total. The molecule has 0 saturated carbocycles. The van der Waals surface area contributed by atoms with Gasteiger partial charge in [0.2, 0.25) is 5.89 Å². The molecule has 6 aromatic carbocycles. The molecule has 0 aliphatic rings. The summed E-state index contributed by atoms with van der Waals surface area (Å²) in [5.41, 5.74) is 4.66. The lowest BCUT2D eigenvalue weighted by atomic mass is 9.95. The molecule has 0 fully saturated rings. The molecule has 2 nitrogen and oxygen atoms in total. The van der Waals surface area contributed by atoms with Gasteiger partial charge in [0.25, 0.3) is 0 Å². The molecule has 7 aromatic rings. The Kier molecular flexibility index (Phi) is 6.96. The average Bonchev–Trinajstić information content (AvgIpc) is 3.47. The molecule has 228 valence electrons. The summed E-state index contributed by atoms with van der Waals surface area (Å²) in [6.07, 6.45) is -9.81. The van der Waals surface area contributed by atoms with Crippen molar-refractivity contribution in [3.05, 3.63) is 138 Å². The van der Waals surface area contributed by atoms with Crippen LogP contribution in [0.5, 0.6) is 0 Å². The maximum Gasteiger partial charge on any atom is 0.416 e. The molecule has 0 aliphatic heterocycles. The van der Waals surface area contributed by atoms with Crippen LogP contribution in [0, 0.1) is 6.92 Å². The zero-order chi connectivity index (χ0) is 32.2. The van der Waals surface area contributed by atoms with Gasteiger partial charge in [0.15, 0.2) is 5.58 Å². The van der Waals surface area contributed by atoms with Gasteiger partial charge in [-0.25, -0.2) is 4.98 Å². The van der Waals surface area contributed by atoms with E-state index < -0.39 is 23.5 Å². The summed E-state index contributed by atoms with van der Waals surface area (Å²) in [4.78, 5) is 4.60. The first-order chi connectivity index (χ1) is 21.9. The number of halogens is 6. The second-order valence-electron chi connectivity index (χ2n) is 11.2. The molecule has 0 saturated heterocycles. The van der Waals surface area contributed by atoms with Crippen molar-refractivity contribution in [2.75, 3.05) is 0 Å². The SMILES string of the molecule is Cc1ccc2nc(-c3ccc(-c4ccc5cc(-c6ccc(-c7cc(C(F)(F)F)cc(C(F)(F)F)c7)cc6)ccc5c4)cc3)oc2c1. The molecule has 0 atom stereocenters. The lowest BCUT2D eigenvalue weighted by Gasteiger charge is -2.14. The second-order valence-corrected chi connectivity index (χ2v) is 11.2. The van der Waals surface area contributed by atoms with Gasteiger partial charge >= 0.3 is 12.4 Å². The third kappa shape index (κ3) is 5.74. The number of aryl methyl sites for hydroxylation is 1. The third-order valence-corrected chi connectivity index (χ3v) is 7.99. The highest BCUT2D eigenvalue weighted by molar-refractivity contribution is 5.91. The fourth-order valence-electron chi connectivity index (χ4n) is 5.54. The van der Waals surface area contributed by atoms with Crippen LogP contribution in [0.25, 0.3) is 66.7 Å². The van der Waals surface area contributed by atoms with Gasteiger partial charge in [0.1, 0.15) is 5.52 Å². The number of oxazole rings is 1. The summed E-state index contributed by atoms with van der Waals surface area (Å²) in [6.45, 7) is 2.01. The van der Waals surface area contributed by atoms with E-state index in [-0.39, 0.29) is 17.2 Å². The van der Waals surface area contributed by atoms with Crippen molar-refractivity contribution in [1.29, 1.82) is 0 Å². The highest BCUT2D eigenvalue weighted by atomic mass is 19.4. The number of alkyl halides is 6. The Labute approximate surface area is 259 Å². The van der Waals surface area contributed by atoms with Gasteiger partial charge in [-0.1, -0.05) is 66.7 Å². The summed E-state index contributed by atoms with van der Waals surface area (Å²) in [7, 11) is 0. The van der Waals surface area contributed by atoms with E-state index in [0.29, 0.717) is 5.89 Å². The van der Waals surface area contributed by atoms with Gasteiger partial charge in [-0.2, -0.15) is 26.3 Å². The summed E-state index contributed by atoms with van der Waals surface area (Å²) in [5.74, 6) is 0.562. The van der Waals surface area contributed by atoms with Gasteiger partial charge in [0, 0.05) is 5.56 Å². The fraction of sp³-hybridized carbons (Fsp3) is 0.0789. The van der Waals surface area contributed by atoms with Gasteiger partial charge < -0.3 is 4.42 Å². The van der Waals surface area contributed by atoms with Gasteiger partial charge in [-0.05, 0) is 111 Å². The van der Waals surface area contributed by atoms with Crippen LogP contribution < -0.4 is 0 Å². The maximum absolute atomic E-state index is 13.3. The van der Waals surface area contributed by atoms with Crippen LogP contribution in [0.1, 0.15) is 16.7 Å². The molecule has 0 bridgehead atoms. The zero-order valence-corrected chi connectivity index (χ0v) is 24.2. The summed E-state index contributed by atoms with van der Waals surface area (Å²) < 4.78 is 86.0. The first-order valence-electron chi connectivity index (χ1n) is 14.3. The monoisotopic (exact) mass is 623 g/mol. The van der Waals surface area contributed by atoms with Crippen LogP contribution in [0.4, 0.5) is 26.3 Å². The van der Waals surface area contributed by atoms with Crippen LogP contribution in [0.3, 0.4) is 0 Å². The number of fused-ring (bicyclic) bond motifs is 2. The van der Waals surface area contributed by atoms with Crippen molar-refractivity contribution in [3.8, 4) is 44.8 Å². The minimum absolute atomic E-state index is 0.133. The first-order valence-corrected chi connectivity index (χ1v) is 14.3. The van der Waals surface area contributed by atoms with Crippen molar-refractivity contribution >= 4 is 21.9 Å². The van der Waals surface area contributed by atoms with Crippen LogP contribution in [-0.4, -0.2) is 4.98 Å². The normalized spacial score (nSPS) is 12.2. The molecule has 1 heterocycles. The Hall–Kier alpha value is -5.37. The van der Waals surface area contributed by atoms with Crippen molar-refractivity contribution < 1.29 is 30.8 Å². The quantitative estimate of drug-likeness (QED) is 0.182. The highest BCUT2D eigenvalue weighted by Crippen LogP contribution is 2.39. The van der Waals surface area contributed by atoms with E-state index in [0.717, 1.165) is 67.4 Å². The standard InChI is InChI=1S/C38H23F6NO/c1-22-2-15-34-35(16-22)46-36(45-34)26-9-7-24(8-10-26)28-12-14-29-17-27(11-13-30(29)18-28)23-3-5-25(6-4-23)31-19-32(37(39,40)41)21-33(20-31)38(42,43)44/h2-21H,1H3. The number of hydrogen-bond donors (Lipinski definition) is 0. The predicted octanol–water partition coefficient (Wildman–Crippen LogP) is 12.0. The summed E-state index contributed by atoms with van der Waals surface area (Å²) >= 11 is 0. The van der Waals surface area contributed by atoms with E-state index in [4.69, 9.17) is 4.42 Å². The van der Waals surface area contributed by atoms with E-state index in [1.165, 1.54) is 12.1 Å². The molecule has 0 aliphatic carbocycles. The Morgan fingerprint density at radius 1 is 0.457 bits per heavy atom. The molecule has 1 aromatic heterocycles. The number of benzene rings is 6. The lowest BCUT2D eigenvalue weighted by Crippen LogP contribution is -2.11. The second kappa shape index (κ2) is 10.9. The number of aromatic nitrogens is 1. The van der Waals surface area contributed by atoms with E-state index >= 15 is 0 Å². The minimum Gasteiger partial charge on any atom is -0.436 e.